The molecule has 0 spiro atoms. The van der Waals surface area contributed by atoms with E-state index in [0.717, 1.165) is 50.7 Å². The number of carbonyl (C=O) groups excluding carboxylic acids is 1. The van der Waals surface area contributed by atoms with Crippen molar-refractivity contribution < 1.29 is 9.53 Å². The maximum Gasteiger partial charge on any atom is 0.410 e. The number of hydrogen-bond donors (Lipinski definition) is 2. The van der Waals surface area contributed by atoms with Crippen LogP contribution in [0.3, 0.4) is 0 Å². The number of nitrogens with two attached hydrogens (primary N) is 1. The van der Waals surface area contributed by atoms with E-state index in [2.05, 4.69) is 19.7 Å². The van der Waals surface area contributed by atoms with Crippen molar-refractivity contribution in [1.82, 2.24) is 19.8 Å². The first-order chi connectivity index (χ1) is 13.2. The summed E-state index contributed by atoms with van der Waals surface area (Å²) in [4.78, 5) is 21.0. The number of fused-ring (bicyclic) bond motifs is 1. The number of aromatic nitrogens is 2. The number of nitrogens with one attached hydrogen (secondary N) is 1. The van der Waals surface area contributed by atoms with Crippen molar-refractivity contribution in [3.63, 3.8) is 0 Å². The summed E-state index contributed by atoms with van der Waals surface area (Å²) in [5.74, 6) is 1.37. The molecule has 146 valence electrons. The summed E-state index contributed by atoms with van der Waals surface area (Å²) >= 11 is 0. The summed E-state index contributed by atoms with van der Waals surface area (Å²) in [6.07, 6.45) is 3.09. The van der Waals surface area contributed by atoms with E-state index in [-0.39, 0.29) is 0 Å². The van der Waals surface area contributed by atoms with Crippen molar-refractivity contribution in [3.8, 4) is 5.75 Å². The topological polar surface area (TPSA) is 88.6 Å². The van der Waals surface area contributed by atoms with E-state index in [4.69, 9.17) is 15.5 Å². The summed E-state index contributed by atoms with van der Waals surface area (Å²) in [5.41, 5.74) is 6.92. The number of piperidine rings is 1. The van der Waals surface area contributed by atoms with Gasteiger partial charge in [0.15, 0.2) is 5.75 Å². The molecule has 0 radical (unpaired) electrons. The summed E-state index contributed by atoms with van der Waals surface area (Å²) in [6.45, 7) is 7.94. The molecule has 2 aliphatic rings. The van der Waals surface area contributed by atoms with E-state index in [0.29, 0.717) is 11.3 Å². The molecule has 0 aliphatic carbocycles. The molecule has 8 heteroatoms. The molecule has 0 bridgehead atoms. The average Bonchev–Trinajstić information content (AvgIpc) is 3.07. The molecule has 27 heavy (non-hydrogen) atoms. The highest BCUT2D eigenvalue weighted by atomic mass is 16.5. The van der Waals surface area contributed by atoms with Crippen molar-refractivity contribution >= 4 is 23.1 Å². The Balaban J connectivity index is 1.67. The van der Waals surface area contributed by atoms with Crippen LogP contribution >= 0.6 is 0 Å². The van der Waals surface area contributed by atoms with Crippen molar-refractivity contribution in [2.75, 3.05) is 50.7 Å². The second-order valence-electron chi connectivity index (χ2n) is 7.25. The molecule has 1 aromatic carbocycles. The SMILES string of the molecule is NC(=O)Oc1cccc2c1nc(N1CCNCC1)n2CCN1CCCCC1. The number of primary amides is 1. The molecule has 3 N–H and O–H groups in total. The predicted molar refractivity (Wildman–Crippen MR) is 105 cm³/mol. The van der Waals surface area contributed by atoms with Gasteiger partial charge in [0.05, 0.1) is 5.52 Å². The molecule has 0 saturated carbocycles. The Morgan fingerprint density at radius 2 is 1.89 bits per heavy atom. The number of piperazine rings is 1. The lowest BCUT2D eigenvalue weighted by Gasteiger charge is -2.30. The average molecular weight is 372 g/mol. The summed E-state index contributed by atoms with van der Waals surface area (Å²) < 4.78 is 7.47. The van der Waals surface area contributed by atoms with Crippen LogP contribution in [0.4, 0.5) is 10.7 Å². The molecule has 1 aromatic heterocycles. The van der Waals surface area contributed by atoms with Crippen LogP contribution in [0.1, 0.15) is 19.3 Å². The minimum atomic E-state index is -0.811. The molecule has 2 saturated heterocycles. The number of hydrogen-bond acceptors (Lipinski definition) is 6. The standard InChI is InChI=1S/C19H28N6O2/c20-18(26)27-16-6-4-5-15-17(16)22-19(24-11-7-21-8-12-24)25(15)14-13-23-9-2-1-3-10-23/h4-6,21H,1-3,7-14H2,(H2,20,26). The molecule has 0 unspecified atom stereocenters. The molecule has 2 aromatic rings. The Labute approximate surface area is 159 Å². The fourth-order valence-electron chi connectivity index (χ4n) is 4.05. The first-order valence-electron chi connectivity index (χ1n) is 9.87. The van der Waals surface area contributed by atoms with E-state index in [9.17, 15) is 4.79 Å². The second kappa shape index (κ2) is 8.14. The number of nitrogens with zero attached hydrogens (tertiary/aromatic N) is 4. The molecule has 0 atom stereocenters. The molecule has 4 rings (SSSR count). The van der Waals surface area contributed by atoms with E-state index < -0.39 is 6.09 Å². The van der Waals surface area contributed by atoms with Gasteiger partial charge in [-0.15, -0.1) is 0 Å². The summed E-state index contributed by atoms with van der Waals surface area (Å²) in [7, 11) is 0. The van der Waals surface area contributed by atoms with Gasteiger partial charge >= 0.3 is 6.09 Å². The smallest absolute Gasteiger partial charge is 0.408 e. The van der Waals surface area contributed by atoms with Crippen LogP contribution in [-0.2, 0) is 6.54 Å². The highest BCUT2D eigenvalue weighted by Crippen LogP contribution is 2.30. The molecule has 3 heterocycles. The quantitative estimate of drug-likeness (QED) is 0.825. The van der Waals surface area contributed by atoms with Crippen LogP contribution in [0.5, 0.6) is 5.75 Å². The maximum atomic E-state index is 11.3. The van der Waals surface area contributed by atoms with Gasteiger partial charge in [0.25, 0.3) is 0 Å². The lowest BCUT2D eigenvalue weighted by atomic mass is 10.1. The van der Waals surface area contributed by atoms with E-state index in [1.54, 1.807) is 6.07 Å². The van der Waals surface area contributed by atoms with Crippen LogP contribution in [0, 0.1) is 0 Å². The fraction of sp³-hybridized carbons (Fsp3) is 0.579. The Bertz CT molecular complexity index is 793. The van der Waals surface area contributed by atoms with Gasteiger partial charge in [0, 0.05) is 39.3 Å². The number of imidazole rings is 1. The lowest BCUT2D eigenvalue weighted by Crippen LogP contribution is -2.45. The van der Waals surface area contributed by atoms with Crippen LogP contribution in [0.25, 0.3) is 11.0 Å². The number of amides is 1. The Morgan fingerprint density at radius 1 is 1.11 bits per heavy atom. The third-order valence-electron chi connectivity index (χ3n) is 5.42. The predicted octanol–water partition coefficient (Wildman–Crippen LogP) is 1.39. The van der Waals surface area contributed by atoms with E-state index in [1.807, 2.05) is 12.1 Å². The zero-order valence-electron chi connectivity index (χ0n) is 15.7. The second-order valence-corrected chi connectivity index (χ2v) is 7.25. The minimum absolute atomic E-state index is 0.424. The van der Waals surface area contributed by atoms with Crippen LogP contribution in [-0.4, -0.2) is 66.4 Å². The third-order valence-corrected chi connectivity index (χ3v) is 5.42. The monoisotopic (exact) mass is 372 g/mol. The minimum Gasteiger partial charge on any atom is -0.408 e. The van der Waals surface area contributed by atoms with E-state index >= 15 is 0 Å². The number of anilines is 1. The highest BCUT2D eigenvalue weighted by molar-refractivity contribution is 5.87. The van der Waals surface area contributed by atoms with Crippen molar-refractivity contribution in [2.24, 2.45) is 5.73 Å². The number of ether oxygens (including phenoxy) is 1. The van der Waals surface area contributed by atoms with Crippen LogP contribution in [0.2, 0.25) is 0 Å². The molecule has 8 nitrogen and oxygen atoms in total. The van der Waals surface area contributed by atoms with Gasteiger partial charge in [0.1, 0.15) is 5.52 Å². The molecular formula is C19H28N6O2. The third kappa shape index (κ3) is 4.01. The largest absolute Gasteiger partial charge is 0.410 e. The van der Waals surface area contributed by atoms with E-state index in [1.165, 1.54) is 32.4 Å². The molecule has 2 fully saturated rings. The van der Waals surface area contributed by atoms with Crippen molar-refractivity contribution in [1.29, 1.82) is 0 Å². The van der Waals surface area contributed by atoms with Gasteiger partial charge in [0.2, 0.25) is 5.95 Å². The van der Waals surface area contributed by atoms with Gasteiger partial charge in [-0.05, 0) is 38.1 Å². The van der Waals surface area contributed by atoms with Gasteiger partial charge in [-0.2, -0.15) is 0 Å². The van der Waals surface area contributed by atoms with Gasteiger partial charge < -0.3 is 30.2 Å². The van der Waals surface area contributed by atoms with Crippen molar-refractivity contribution in [2.45, 2.75) is 25.8 Å². The molecule has 2 aliphatic heterocycles. The first kappa shape index (κ1) is 18.1. The first-order valence-corrected chi connectivity index (χ1v) is 9.87. The van der Waals surface area contributed by atoms with Crippen LogP contribution < -0.4 is 20.7 Å². The number of rotatable bonds is 5. The highest BCUT2D eigenvalue weighted by Gasteiger charge is 2.22. The lowest BCUT2D eigenvalue weighted by molar-refractivity contribution is 0.211. The van der Waals surface area contributed by atoms with Crippen LogP contribution in [0.15, 0.2) is 18.2 Å². The zero-order valence-corrected chi connectivity index (χ0v) is 15.7. The fourth-order valence-corrected chi connectivity index (χ4v) is 4.05. The summed E-state index contributed by atoms with van der Waals surface area (Å²) in [6, 6.07) is 5.68. The zero-order chi connectivity index (χ0) is 18.6. The number of para-hydroxylation sites is 1. The Hall–Kier alpha value is -2.32. The van der Waals surface area contributed by atoms with Gasteiger partial charge in [-0.3, -0.25) is 0 Å². The van der Waals surface area contributed by atoms with Crippen molar-refractivity contribution in [3.05, 3.63) is 18.2 Å². The Morgan fingerprint density at radius 3 is 2.63 bits per heavy atom. The number of carbonyl (C=O) groups is 1. The normalized spacial score (nSPS) is 18.7. The Kier molecular flexibility index (Phi) is 5.45. The number of likely N-dealkylation sites (tertiary alicyclic amines) is 1. The van der Waals surface area contributed by atoms with Gasteiger partial charge in [-0.25, -0.2) is 9.78 Å². The maximum absolute atomic E-state index is 11.3. The summed E-state index contributed by atoms with van der Waals surface area (Å²) in [5, 5.41) is 3.39. The molecule has 1 amide bonds. The van der Waals surface area contributed by atoms with Gasteiger partial charge in [-0.1, -0.05) is 12.5 Å². The molecular weight excluding hydrogens is 344 g/mol. The number of benzene rings is 1.